The monoisotopic (exact) mass is 489 g/mol. The van der Waals surface area contributed by atoms with Crippen LogP contribution in [0.3, 0.4) is 0 Å². The van der Waals surface area contributed by atoms with Gasteiger partial charge in [-0.05, 0) is 60.5 Å². The van der Waals surface area contributed by atoms with Crippen molar-refractivity contribution in [1.29, 1.82) is 0 Å². The molecule has 8 nitrogen and oxygen atoms in total. The molecule has 0 aromatic heterocycles. The van der Waals surface area contributed by atoms with E-state index >= 15 is 0 Å². The van der Waals surface area contributed by atoms with Crippen molar-refractivity contribution in [2.24, 2.45) is 0 Å². The van der Waals surface area contributed by atoms with Crippen LogP contribution in [0.5, 0.6) is 5.75 Å². The van der Waals surface area contributed by atoms with Gasteiger partial charge in [-0.15, -0.1) is 0 Å². The number of hydrogen-bond donors (Lipinski definition) is 2. The summed E-state index contributed by atoms with van der Waals surface area (Å²) >= 11 is 6.30. The third kappa shape index (κ3) is 5.56. The summed E-state index contributed by atoms with van der Waals surface area (Å²) in [7, 11) is 0. The number of amides is 5. The third-order valence-corrected chi connectivity index (χ3v) is 5.34. The third-order valence-electron chi connectivity index (χ3n) is 5.04. The Morgan fingerprint density at radius 2 is 1.80 bits per heavy atom. The maximum absolute atomic E-state index is 12.9. The molecule has 0 atom stereocenters. The molecule has 3 aromatic rings. The zero-order chi connectivity index (χ0) is 24.9. The molecule has 1 saturated heterocycles. The Morgan fingerprint density at radius 1 is 1.03 bits per heavy atom. The molecule has 176 valence electrons. The maximum atomic E-state index is 12.9. The summed E-state index contributed by atoms with van der Waals surface area (Å²) in [4.78, 5) is 50.6. The zero-order valence-electron chi connectivity index (χ0n) is 18.6. The number of hydrogen-bond acceptors (Lipinski definition) is 5. The smallest absolute Gasteiger partial charge is 0.335 e. The molecule has 4 rings (SSSR count). The number of rotatable bonds is 6. The summed E-state index contributed by atoms with van der Waals surface area (Å²) < 4.78 is 5.51. The van der Waals surface area contributed by atoms with Crippen LogP contribution in [0, 0.1) is 6.92 Å². The molecule has 0 bridgehead atoms. The summed E-state index contributed by atoms with van der Waals surface area (Å²) in [5.41, 5.74) is 2.21. The van der Waals surface area contributed by atoms with E-state index < -0.39 is 17.8 Å². The van der Waals surface area contributed by atoms with Gasteiger partial charge in [0, 0.05) is 5.69 Å². The first-order chi connectivity index (χ1) is 16.8. The number of nitrogens with one attached hydrogen (secondary N) is 2. The van der Waals surface area contributed by atoms with E-state index in [1.54, 1.807) is 42.5 Å². The minimum absolute atomic E-state index is 0.183. The molecule has 5 amide bonds. The molecule has 0 saturated carbocycles. The van der Waals surface area contributed by atoms with Crippen LogP contribution in [-0.4, -0.2) is 30.4 Å². The highest BCUT2D eigenvalue weighted by Gasteiger charge is 2.36. The SMILES string of the molecule is Cc1cccc(NC(=O)COc2ccc(/C=C3\C(=O)NC(=O)N(c4ccccc4)C3=O)cc2Cl)c1. The summed E-state index contributed by atoms with van der Waals surface area (Å²) in [5, 5.41) is 5.09. The van der Waals surface area contributed by atoms with Crippen molar-refractivity contribution in [2.45, 2.75) is 6.92 Å². The van der Waals surface area contributed by atoms with Crippen molar-refractivity contribution >= 4 is 52.8 Å². The number of para-hydroxylation sites is 1. The Hall–Kier alpha value is -4.43. The van der Waals surface area contributed by atoms with Crippen LogP contribution in [0.25, 0.3) is 6.08 Å². The highest BCUT2D eigenvalue weighted by Crippen LogP contribution is 2.28. The number of carbonyl (C=O) groups excluding carboxylic acids is 4. The molecule has 0 spiro atoms. The minimum Gasteiger partial charge on any atom is -0.482 e. The summed E-state index contributed by atoms with van der Waals surface area (Å²) in [5.74, 6) is -1.66. The average Bonchev–Trinajstić information content (AvgIpc) is 2.82. The summed E-state index contributed by atoms with van der Waals surface area (Å²) in [6, 6.07) is 19.4. The molecule has 1 aliphatic heterocycles. The first-order valence-corrected chi connectivity index (χ1v) is 10.9. The number of barbiturate groups is 1. The second kappa shape index (κ2) is 10.2. The van der Waals surface area contributed by atoms with E-state index in [-0.39, 0.29) is 28.9 Å². The second-order valence-electron chi connectivity index (χ2n) is 7.69. The molecule has 1 fully saturated rings. The molecule has 1 aliphatic rings. The summed E-state index contributed by atoms with van der Waals surface area (Å²) in [6.07, 6.45) is 1.33. The molecule has 0 radical (unpaired) electrons. The van der Waals surface area contributed by atoms with E-state index in [9.17, 15) is 19.2 Å². The molecular formula is C26H20ClN3O5. The van der Waals surface area contributed by atoms with Crippen LogP contribution in [0.2, 0.25) is 5.02 Å². The Balaban J connectivity index is 1.47. The van der Waals surface area contributed by atoms with E-state index in [2.05, 4.69) is 10.6 Å². The van der Waals surface area contributed by atoms with Crippen LogP contribution in [0.15, 0.2) is 78.4 Å². The molecular weight excluding hydrogens is 470 g/mol. The average molecular weight is 490 g/mol. The molecule has 35 heavy (non-hydrogen) atoms. The van der Waals surface area contributed by atoms with E-state index in [0.29, 0.717) is 16.9 Å². The van der Waals surface area contributed by atoms with Crippen LogP contribution in [0.1, 0.15) is 11.1 Å². The number of anilines is 2. The van der Waals surface area contributed by atoms with Gasteiger partial charge in [-0.3, -0.25) is 19.7 Å². The van der Waals surface area contributed by atoms with Gasteiger partial charge in [0.2, 0.25) is 0 Å². The number of carbonyl (C=O) groups is 4. The number of benzene rings is 3. The van der Waals surface area contributed by atoms with Crippen molar-refractivity contribution in [2.75, 3.05) is 16.8 Å². The Morgan fingerprint density at radius 3 is 2.51 bits per heavy atom. The molecule has 1 heterocycles. The van der Waals surface area contributed by atoms with Gasteiger partial charge in [-0.2, -0.15) is 0 Å². The van der Waals surface area contributed by atoms with Gasteiger partial charge >= 0.3 is 6.03 Å². The number of halogens is 1. The van der Waals surface area contributed by atoms with E-state index in [4.69, 9.17) is 16.3 Å². The topological polar surface area (TPSA) is 105 Å². The quantitative estimate of drug-likeness (QED) is 0.396. The van der Waals surface area contributed by atoms with Gasteiger partial charge in [0.05, 0.1) is 10.7 Å². The fraction of sp³-hybridized carbons (Fsp3) is 0.0769. The number of imide groups is 2. The summed E-state index contributed by atoms with van der Waals surface area (Å²) in [6.45, 7) is 1.66. The van der Waals surface area contributed by atoms with Crippen molar-refractivity contribution in [3.63, 3.8) is 0 Å². The molecule has 0 aliphatic carbocycles. The van der Waals surface area contributed by atoms with Crippen molar-refractivity contribution < 1.29 is 23.9 Å². The number of ether oxygens (including phenoxy) is 1. The zero-order valence-corrected chi connectivity index (χ0v) is 19.3. The van der Waals surface area contributed by atoms with Gasteiger partial charge in [0.25, 0.3) is 17.7 Å². The van der Waals surface area contributed by atoms with Crippen LogP contribution in [0.4, 0.5) is 16.2 Å². The molecule has 3 aromatic carbocycles. The first-order valence-electron chi connectivity index (χ1n) is 10.6. The number of nitrogens with zero attached hydrogens (tertiary/aromatic N) is 1. The maximum Gasteiger partial charge on any atom is 0.335 e. The Labute approximate surface area is 206 Å². The highest BCUT2D eigenvalue weighted by atomic mass is 35.5. The van der Waals surface area contributed by atoms with Crippen molar-refractivity contribution in [1.82, 2.24) is 5.32 Å². The molecule has 9 heteroatoms. The number of aryl methyl sites for hydroxylation is 1. The van der Waals surface area contributed by atoms with Gasteiger partial charge in [-0.25, -0.2) is 9.69 Å². The van der Waals surface area contributed by atoms with E-state index in [1.165, 1.54) is 18.2 Å². The normalized spacial score (nSPS) is 14.6. The van der Waals surface area contributed by atoms with E-state index in [1.807, 2.05) is 25.1 Å². The lowest BCUT2D eigenvalue weighted by molar-refractivity contribution is -0.122. The highest BCUT2D eigenvalue weighted by molar-refractivity contribution is 6.39. The van der Waals surface area contributed by atoms with E-state index in [0.717, 1.165) is 10.5 Å². The predicted octanol–water partition coefficient (Wildman–Crippen LogP) is 4.33. The second-order valence-corrected chi connectivity index (χ2v) is 8.10. The molecule has 2 N–H and O–H groups in total. The predicted molar refractivity (Wildman–Crippen MR) is 132 cm³/mol. The van der Waals surface area contributed by atoms with Crippen LogP contribution in [-0.2, 0) is 14.4 Å². The van der Waals surface area contributed by atoms with Crippen LogP contribution < -0.4 is 20.3 Å². The fourth-order valence-corrected chi connectivity index (χ4v) is 3.67. The van der Waals surface area contributed by atoms with Gasteiger partial charge in [0.1, 0.15) is 11.3 Å². The lowest BCUT2D eigenvalue weighted by atomic mass is 10.1. The molecule has 0 unspecified atom stereocenters. The lowest BCUT2D eigenvalue weighted by Crippen LogP contribution is -2.54. The fourth-order valence-electron chi connectivity index (χ4n) is 3.42. The standard InChI is InChI=1S/C26H20ClN3O5/c1-16-6-5-7-18(12-16)28-23(31)15-35-22-11-10-17(14-21(22)27)13-20-24(32)29-26(34)30(25(20)33)19-8-3-2-4-9-19/h2-14H,15H2,1H3,(H,28,31)(H,29,32,34)/b20-13+. The Kier molecular flexibility index (Phi) is 6.93. The van der Waals surface area contributed by atoms with Crippen LogP contribution >= 0.6 is 11.6 Å². The van der Waals surface area contributed by atoms with Gasteiger partial charge in [-0.1, -0.05) is 48.0 Å². The van der Waals surface area contributed by atoms with Crippen molar-refractivity contribution in [3.8, 4) is 5.75 Å². The van der Waals surface area contributed by atoms with Gasteiger partial charge < -0.3 is 10.1 Å². The first kappa shape index (κ1) is 23.7. The largest absolute Gasteiger partial charge is 0.482 e. The lowest BCUT2D eigenvalue weighted by Gasteiger charge is -2.26. The number of urea groups is 1. The Bertz CT molecular complexity index is 1350. The van der Waals surface area contributed by atoms with Crippen molar-refractivity contribution in [3.05, 3.63) is 94.5 Å². The minimum atomic E-state index is -0.825. The van der Waals surface area contributed by atoms with Gasteiger partial charge in [0.15, 0.2) is 6.61 Å².